The van der Waals surface area contributed by atoms with Gasteiger partial charge in [0, 0.05) is 17.7 Å². The van der Waals surface area contributed by atoms with Gasteiger partial charge >= 0.3 is 0 Å². The molecule has 1 aliphatic rings. The minimum atomic E-state index is -0.470. The first kappa shape index (κ1) is 12.4. The molecule has 0 unspecified atom stereocenters. The predicted octanol–water partition coefficient (Wildman–Crippen LogP) is 1.40. The maximum absolute atomic E-state index is 11.6. The van der Waals surface area contributed by atoms with Crippen molar-refractivity contribution in [3.8, 4) is 11.5 Å². The summed E-state index contributed by atoms with van der Waals surface area (Å²) in [5, 5.41) is 2.53. The lowest BCUT2D eigenvalue weighted by Crippen LogP contribution is -2.21. The summed E-state index contributed by atoms with van der Waals surface area (Å²) in [5.74, 6) is -0.119. The number of hydrogen-bond acceptors (Lipinski definition) is 4. The zero-order valence-corrected chi connectivity index (χ0v) is 10.5. The lowest BCUT2D eigenvalue weighted by Gasteiger charge is -2.11. The number of methoxy groups -OCH3 is 2. The Morgan fingerprint density at radius 3 is 2.28 bits per heavy atom. The number of ether oxygens (including phenoxy) is 2. The lowest BCUT2D eigenvalue weighted by molar-refractivity contribution is -0.123. The number of halogens is 1. The Bertz CT molecular complexity index is 565. The van der Waals surface area contributed by atoms with Crippen molar-refractivity contribution in [2.75, 3.05) is 14.2 Å². The van der Waals surface area contributed by atoms with Gasteiger partial charge in [0.1, 0.15) is 11.5 Å². The molecule has 2 rings (SSSR count). The minimum Gasteiger partial charge on any atom is -0.496 e. The van der Waals surface area contributed by atoms with Gasteiger partial charge in [0.25, 0.3) is 11.8 Å². The molecule has 1 aromatic rings. The highest BCUT2D eigenvalue weighted by atomic mass is 35.5. The fraction of sp³-hybridized carbons (Fsp3) is 0.167. The minimum absolute atomic E-state index is 0.229. The van der Waals surface area contributed by atoms with Crippen LogP contribution in [0.15, 0.2) is 18.2 Å². The fourth-order valence-corrected chi connectivity index (χ4v) is 1.91. The molecule has 0 saturated heterocycles. The van der Waals surface area contributed by atoms with E-state index in [-0.39, 0.29) is 5.57 Å². The van der Waals surface area contributed by atoms with Crippen LogP contribution in [0.5, 0.6) is 11.5 Å². The molecular weight excluding hydrogens is 258 g/mol. The van der Waals surface area contributed by atoms with Crippen LogP contribution in [0.4, 0.5) is 0 Å². The van der Waals surface area contributed by atoms with Gasteiger partial charge in [0.2, 0.25) is 0 Å². The van der Waals surface area contributed by atoms with E-state index in [1.54, 1.807) is 6.07 Å². The molecule has 0 radical (unpaired) electrons. The Balaban J connectivity index is 2.59. The van der Waals surface area contributed by atoms with Crippen LogP contribution in [0.2, 0.25) is 5.02 Å². The first-order valence-electron chi connectivity index (χ1n) is 5.05. The Hall–Kier alpha value is -2.01. The first-order chi connectivity index (χ1) is 8.56. The van der Waals surface area contributed by atoms with Crippen molar-refractivity contribution in [3.63, 3.8) is 0 Å². The molecule has 6 heteroatoms. The van der Waals surface area contributed by atoms with Gasteiger partial charge < -0.3 is 9.47 Å². The van der Waals surface area contributed by atoms with Crippen LogP contribution in [0, 0.1) is 0 Å². The Kier molecular flexibility index (Phi) is 3.25. The van der Waals surface area contributed by atoms with E-state index in [0.29, 0.717) is 22.1 Å². The highest BCUT2D eigenvalue weighted by molar-refractivity contribution is 6.35. The molecule has 94 valence electrons. The van der Waals surface area contributed by atoms with Crippen LogP contribution in [0.1, 0.15) is 5.56 Å². The molecule has 1 N–H and O–H groups in total. The van der Waals surface area contributed by atoms with Crippen molar-refractivity contribution in [2.45, 2.75) is 0 Å². The zero-order valence-electron chi connectivity index (χ0n) is 9.74. The molecule has 18 heavy (non-hydrogen) atoms. The van der Waals surface area contributed by atoms with Gasteiger partial charge in [-0.15, -0.1) is 0 Å². The van der Waals surface area contributed by atoms with E-state index >= 15 is 0 Å². The molecule has 0 aliphatic carbocycles. The Morgan fingerprint density at radius 1 is 1.11 bits per heavy atom. The van der Waals surface area contributed by atoms with Crippen LogP contribution in [0.25, 0.3) is 5.57 Å². The molecule has 0 fully saturated rings. The van der Waals surface area contributed by atoms with Gasteiger partial charge in [0.15, 0.2) is 0 Å². The highest BCUT2D eigenvalue weighted by Gasteiger charge is 2.25. The maximum Gasteiger partial charge on any atom is 0.259 e. The number of hydrogen-bond donors (Lipinski definition) is 1. The molecule has 0 aromatic heterocycles. The topological polar surface area (TPSA) is 64.6 Å². The average Bonchev–Trinajstić information content (AvgIpc) is 2.68. The molecule has 0 bridgehead atoms. The number of amides is 2. The van der Waals surface area contributed by atoms with E-state index < -0.39 is 11.8 Å². The van der Waals surface area contributed by atoms with E-state index in [2.05, 4.69) is 5.32 Å². The van der Waals surface area contributed by atoms with E-state index in [9.17, 15) is 9.59 Å². The molecule has 5 nitrogen and oxygen atoms in total. The number of rotatable bonds is 3. The SMILES string of the molecule is COc1cc(C2=CC(=O)NC2=O)c(OC)cc1Cl. The molecular formula is C12H10ClNO4. The third-order valence-corrected chi connectivity index (χ3v) is 2.82. The van der Waals surface area contributed by atoms with Crippen molar-refractivity contribution in [3.05, 3.63) is 28.8 Å². The summed E-state index contributed by atoms with van der Waals surface area (Å²) >= 11 is 5.96. The predicted molar refractivity (Wildman–Crippen MR) is 65.7 cm³/mol. The van der Waals surface area contributed by atoms with Crippen molar-refractivity contribution < 1.29 is 19.1 Å². The van der Waals surface area contributed by atoms with Gasteiger partial charge in [-0.05, 0) is 6.07 Å². The van der Waals surface area contributed by atoms with Crippen LogP contribution in [-0.2, 0) is 9.59 Å². The summed E-state index contributed by atoms with van der Waals surface area (Å²) < 4.78 is 10.2. The molecule has 0 atom stereocenters. The molecule has 1 heterocycles. The number of carbonyl (C=O) groups is 2. The third kappa shape index (κ3) is 2.04. The monoisotopic (exact) mass is 267 g/mol. The van der Waals surface area contributed by atoms with E-state index in [4.69, 9.17) is 21.1 Å². The molecule has 1 aromatic carbocycles. The van der Waals surface area contributed by atoms with Crippen molar-refractivity contribution in [1.82, 2.24) is 5.32 Å². The van der Waals surface area contributed by atoms with Gasteiger partial charge in [-0.3, -0.25) is 14.9 Å². The second kappa shape index (κ2) is 4.70. The van der Waals surface area contributed by atoms with Crippen LogP contribution in [0.3, 0.4) is 0 Å². The maximum atomic E-state index is 11.6. The van der Waals surface area contributed by atoms with Gasteiger partial charge in [-0.1, -0.05) is 11.6 Å². The molecule has 0 saturated carbocycles. The summed E-state index contributed by atoms with van der Waals surface area (Å²) in [7, 11) is 2.92. The highest BCUT2D eigenvalue weighted by Crippen LogP contribution is 2.36. The smallest absolute Gasteiger partial charge is 0.259 e. The normalized spacial score (nSPS) is 14.3. The number of benzene rings is 1. The zero-order chi connectivity index (χ0) is 13.3. The van der Waals surface area contributed by atoms with Crippen LogP contribution < -0.4 is 14.8 Å². The molecule has 2 amide bonds. The van der Waals surface area contributed by atoms with Crippen LogP contribution >= 0.6 is 11.6 Å². The van der Waals surface area contributed by atoms with E-state index in [0.717, 1.165) is 0 Å². The second-order valence-electron chi connectivity index (χ2n) is 3.56. The van der Waals surface area contributed by atoms with Gasteiger partial charge in [0.05, 0.1) is 24.8 Å². The van der Waals surface area contributed by atoms with E-state index in [1.165, 1.54) is 26.4 Å². The fourth-order valence-electron chi connectivity index (χ4n) is 1.68. The standard InChI is InChI=1S/C12H10ClNO4/c1-17-9-5-8(13)10(18-2)3-6(9)7-4-11(15)14-12(7)16/h3-5H,1-2H3,(H,14,15,16). The first-order valence-corrected chi connectivity index (χ1v) is 5.43. The number of carbonyl (C=O) groups excluding carboxylic acids is 2. The Labute approximate surface area is 108 Å². The van der Waals surface area contributed by atoms with Crippen molar-refractivity contribution >= 4 is 29.0 Å². The summed E-state index contributed by atoms with van der Waals surface area (Å²) in [5.41, 5.74) is 0.689. The third-order valence-electron chi connectivity index (χ3n) is 2.52. The number of imide groups is 1. The average molecular weight is 268 g/mol. The van der Waals surface area contributed by atoms with Gasteiger partial charge in [-0.2, -0.15) is 0 Å². The second-order valence-corrected chi connectivity index (χ2v) is 3.97. The van der Waals surface area contributed by atoms with Gasteiger partial charge in [-0.25, -0.2) is 0 Å². The quantitative estimate of drug-likeness (QED) is 0.841. The van der Waals surface area contributed by atoms with Crippen LogP contribution in [-0.4, -0.2) is 26.0 Å². The number of nitrogens with one attached hydrogen (secondary N) is 1. The largest absolute Gasteiger partial charge is 0.496 e. The summed E-state index contributed by atoms with van der Waals surface area (Å²) in [6, 6.07) is 3.10. The van der Waals surface area contributed by atoms with Crippen molar-refractivity contribution in [2.24, 2.45) is 0 Å². The molecule has 1 aliphatic heterocycles. The molecule has 0 spiro atoms. The summed E-state index contributed by atoms with van der Waals surface area (Å²) in [4.78, 5) is 22.8. The van der Waals surface area contributed by atoms with E-state index in [1.807, 2.05) is 0 Å². The Morgan fingerprint density at radius 2 is 1.78 bits per heavy atom. The lowest BCUT2D eigenvalue weighted by atomic mass is 10.0. The summed E-state index contributed by atoms with van der Waals surface area (Å²) in [6.07, 6.45) is 1.22. The summed E-state index contributed by atoms with van der Waals surface area (Å²) in [6.45, 7) is 0. The van der Waals surface area contributed by atoms with Crippen molar-refractivity contribution in [1.29, 1.82) is 0 Å².